The van der Waals surface area contributed by atoms with Crippen LogP contribution in [0.1, 0.15) is 34.6 Å². The summed E-state index contributed by atoms with van der Waals surface area (Å²) in [5, 5.41) is 0.254. The number of allylic oxidation sites excluding steroid dienone is 4. The molecule has 0 aromatic rings. The Morgan fingerprint density at radius 3 is 2.13 bits per heavy atom. The van der Waals surface area contributed by atoms with Gasteiger partial charge in [0.1, 0.15) is 8.24 Å². The fourth-order valence-corrected chi connectivity index (χ4v) is 5.57. The van der Waals surface area contributed by atoms with E-state index in [-0.39, 0.29) is 10.6 Å². The Balaban J connectivity index is 2.92. The maximum atomic E-state index is 3.84. The van der Waals surface area contributed by atoms with E-state index in [0.29, 0.717) is 0 Å². The average Bonchev–Trinajstić information content (AvgIpc) is 2.27. The highest BCUT2D eigenvalue weighted by Gasteiger charge is 2.43. The molecule has 0 aromatic heterocycles. The molecule has 1 aliphatic carbocycles. The van der Waals surface area contributed by atoms with Gasteiger partial charge in [0.2, 0.25) is 0 Å². The molecule has 0 radical (unpaired) electrons. The lowest BCUT2D eigenvalue weighted by molar-refractivity contribution is 0.504. The lowest BCUT2D eigenvalue weighted by Gasteiger charge is -2.42. The zero-order chi connectivity index (χ0) is 11.9. The van der Waals surface area contributed by atoms with Crippen LogP contribution >= 0.6 is 0 Å². The third kappa shape index (κ3) is 2.82. The molecule has 0 amide bonds. The first-order valence-electron chi connectivity index (χ1n) is 5.74. The summed E-state index contributed by atoms with van der Waals surface area (Å²) < 4.78 is 0. The van der Waals surface area contributed by atoms with Crippen LogP contribution in [0.4, 0.5) is 0 Å². The van der Waals surface area contributed by atoms with Crippen molar-refractivity contribution in [2.45, 2.75) is 58.3 Å². The lowest BCUT2D eigenvalue weighted by Crippen LogP contribution is -2.59. The third-order valence-corrected chi connectivity index (χ3v) is 7.63. The van der Waals surface area contributed by atoms with Crippen molar-refractivity contribution in [2.24, 2.45) is 0 Å². The number of rotatable bonds is 2. The number of hydrogen-bond donors (Lipinski definition) is 1. The first-order valence-corrected chi connectivity index (χ1v) is 8.74. The molecule has 0 saturated heterocycles. The Kier molecular flexibility index (Phi) is 3.05. The Morgan fingerprint density at radius 2 is 1.80 bits per heavy atom. The molecule has 0 bridgehead atoms. The largest absolute Gasteiger partial charge is 0.332 e. The minimum absolute atomic E-state index is 0.205. The zero-order valence-electron chi connectivity index (χ0n) is 11.2. The van der Waals surface area contributed by atoms with Crippen LogP contribution in [0.5, 0.6) is 0 Å². The van der Waals surface area contributed by atoms with E-state index in [1.54, 1.807) is 0 Å². The monoisotopic (exact) mass is 223 g/mol. The highest BCUT2D eigenvalue weighted by Crippen LogP contribution is 2.44. The fraction of sp³-hybridized carbons (Fsp3) is 0.692. The zero-order valence-corrected chi connectivity index (χ0v) is 12.2. The van der Waals surface area contributed by atoms with Crippen molar-refractivity contribution in [1.29, 1.82) is 0 Å². The normalized spacial score (nSPS) is 27.0. The molecule has 1 N–H and O–H groups in total. The SMILES string of the molecule is CC1=CC(C)([Si](C)(C)NC(C)(C)C)C=C1. The van der Waals surface area contributed by atoms with Crippen LogP contribution in [0, 0.1) is 0 Å². The van der Waals surface area contributed by atoms with Crippen molar-refractivity contribution >= 4 is 8.24 Å². The average molecular weight is 223 g/mol. The molecule has 0 fully saturated rings. The molecule has 1 atom stereocenters. The van der Waals surface area contributed by atoms with E-state index < -0.39 is 8.24 Å². The second-order valence-electron chi connectivity index (χ2n) is 6.50. The van der Waals surface area contributed by atoms with Crippen molar-refractivity contribution in [3.63, 3.8) is 0 Å². The first kappa shape index (κ1) is 12.7. The molecule has 15 heavy (non-hydrogen) atoms. The van der Waals surface area contributed by atoms with Gasteiger partial charge < -0.3 is 4.98 Å². The summed E-state index contributed by atoms with van der Waals surface area (Å²) in [6, 6.07) is 0. The summed E-state index contributed by atoms with van der Waals surface area (Å²) in [6.07, 6.45) is 7.03. The van der Waals surface area contributed by atoms with Crippen molar-refractivity contribution in [2.75, 3.05) is 0 Å². The predicted molar refractivity (Wildman–Crippen MR) is 71.6 cm³/mol. The molecule has 1 nitrogen and oxygen atoms in total. The lowest BCUT2D eigenvalue weighted by atomic mass is 10.1. The summed E-state index contributed by atoms with van der Waals surface area (Å²) in [7, 11) is -1.48. The Morgan fingerprint density at radius 1 is 1.27 bits per heavy atom. The molecule has 1 rings (SSSR count). The summed E-state index contributed by atoms with van der Waals surface area (Å²) >= 11 is 0. The predicted octanol–water partition coefficient (Wildman–Crippen LogP) is 3.86. The highest BCUT2D eigenvalue weighted by atomic mass is 28.3. The van der Waals surface area contributed by atoms with Crippen molar-refractivity contribution in [3.05, 3.63) is 23.8 Å². The quantitative estimate of drug-likeness (QED) is 0.701. The Labute approximate surface area is 95.7 Å². The summed E-state index contributed by atoms with van der Waals surface area (Å²) in [6.45, 7) is 16.1. The standard InChI is InChI=1S/C13H25NSi/c1-11-8-9-13(5,10-11)15(6,7)14-12(2,3)4/h8-10,14H,1-7H3. The van der Waals surface area contributed by atoms with Crippen LogP contribution in [0.3, 0.4) is 0 Å². The van der Waals surface area contributed by atoms with E-state index in [9.17, 15) is 0 Å². The van der Waals surface area contributed by atoms with Gasteiger partial charge in [-0.25, -0.2) is 0 Å². The van der Waals surface area contributed by atoms with Gasteiger partial charge in [-0.05, 0) is 27.7 Å². The molecule has 1 aliphatic rings. The summed E-state index contributed by atoms with van der Waals surface area (Å²) in [5.41, 5.74) is 1.60. The molecule has 2 heteroatoms. The van der Waals surface area contributed by atoms with Gasteiger partial charge in [-0.15, -0.1) is 0 Å². The molecule has 1 unspecified atom stereocenters. The Hall–Kier alpha value is -0.343. The van der Waals surface area contributed by atoms with Crippen molar-refractivity contribution < 1.29 is 0 Å². The van der Waals surface area contributed by atoms with E-state index in [1.807, 2.05) is 0 Å². The van der Waals surface area contributed by atoms with E-state index in [0.717, 1.165) is 0 Å². The molecular formula is C13H25NSi. The first-order chi connectivity index (χ1) is 6.56. The van der Waals surface area contributed by atoms with Crippen LogP contribution in [0.15, 0.2) is 23.8 Å². The molecular weight excluding hydrogens is 198 g/mol. The van der Waals surface area contributed by atoms with Crippen molar-refractivity contribution in [1.82, 2.24) is 4.98 Å². The molecule has 0 aliphatic heterocycles. The van der Waals surface area contributed by atoms with Gasteiger partial charge in [0.05, 0.1) is 0 Å². The van der Waals surface area contributed by atoms with Crippen LogP contribution < -0.4 is 4.98 Å². The highest BCUT2D eigenvalue weighted by molar-refractivity contribution is 6.79. The molecule has 0 saturated carbocycles. The topological polar surface area (TPSA) is 12.0 Å². The summed E-state index contributed by atoms with van der Waals surface area (Å²) in [5.74, 6) is 0. The fourth-order valence-electron chi connectivity index (χ4n) is 2.33. The van der Waals surface area contributed by atoms with E-state index in [4.69, 9.17) is 0 Å². The van der Waals surface area contributed by atoms with E-state index in [2.05, 4.69) is 70.9 Å². The van der Waals surface area contributed by atoms with Gasteiger partial charge in [-0.1, -0.05) is 43.8 Å². The molecule has 0 spiro atoms. The van der Waals surface area contributed by atoms with E-state index in [1.165, 1.54) is 5.57 Å². The van der Waals surface area contributed by atoms with Gasteiger partial charge in [0.25, 0.3) is 0 Å². The molecule has 86 valence electrons. The second-order valence-corrected chi connectivity index (χ2v) is 11.1. The van der Waals surface area contributed by atoms with Gasteiger partial charge in [0, 0.05) is 10.6 Å². The summed E-state index contributed by atoms with van der Waals surface area (Å²) in [4.78, 5) is 3.84. The van der Waals surface area contributed by atoms with Crippen LogP contribution in [-0.2, 0) is 0 Å². The number of hydrogen-bond acceptors (Lipinski definition) is 1. The maximum Gasteiger partial charge on any atom is 0.133 e. The minimum atomic E-state index is -1.48. The van der Waals surface area contributed by atoms with Crippen LogP contribution in [0.2, 0.25) is 18.1 Å². The van der Waals surface area contributed by atoms with Crippen LogP contribution in [-0.4, -0.2) is 13.8 Å². The van der Waals surface area contributed by atoms with Gasteiger partial charge in [-0.2, -0.15) is 0 Å². The van der Waals surface area contributed by atoms with Gasteiger partial charge in [-0.3, -0.25) is 0 Å². The smallest absolute Gasteiger partial charge is 0.133 e. The maximum absolute atomic E-state index is 3.84. The molecule has 0 heterocycles. The van der Waals surface area contributed by atoms with Crippen LogP contribution in [0.25, 0.3) is 0 Å². The Bertz CT molecular complexity index is 307. The molecule has 0 aromatic carbocycles. The van der Waals surface area contributed by atoms with Gasteiger partial charge in [0.15, 0.2) is 0 Å². The second kappa shape index (κ2) is 3.60. The van der Waals surface area contributed by atoms with Crippen molar-refractivity contribution in [3.8, 4) is 0 Å². The van der Waals surface area contributed by atoms with Gasteiger partial charge >= 0.3 is 0 Å². The number of nitrogens with one attached hydrogen (secondary N) is 1. The minimum Gasteiger partial charge on any atom is -0.332 e. The van der Waals surface area contributed by atoms with E-state index >= 15 is 0 Å². The third-order valence-electron chi connectivity index (χ3n) is 3.25.